The fraction of sp³-hybridized carbons (Fsp3) is 0.837. The van der Waals surface area contributed by atoms with Crippen LogP contribution < -0.4 is 37.2 Å². The number of carbonyl (C=O) groups is 14. The minimum absolute atomic E-state index is 0.00253. The average Bonchev–Trinajstić information content (AvgIpc) is 0.917. The molecule has 0 bridgehead atoms. The van der Waals surface area contributed by atoms with E-state index in [1.807, 2.05) is 125 Å². The van der Waals surface area contributed by atoms with E-state index in [4.69, 9.17) is 49.2 Å². The van der Waals surface area contributed by atoms with Crippen molar-refractivity contribution in [2.75, 3.05) is 69.3 Å². The Morgan fingerprint density at radius 2 is 0.661 bits per heavy atom. The first kappa shape index (κ1) is 128. The monoisotopic (exact) mass is 1810 g/mol. The molecular weight excluding hydrogens is 1640 g/mol. The predicted molar refractivity (Wildman–Crippen MR) is 488 cm³/mol. The van der Waals surface area contributed by atoms with E-state index in [0.717, 1.165) is 39.0 Å². The molecule has 5 unspecified atom stereocenters. The number of carbonyl (C=O) groups excluding carboxylic acids is 9. The number of aliphatic carboxylic acids is 5. The van der Waals surface area contributed by atoms with Gasteiger partial charge < -0.3 is 86.4 Å². The van der Waals surface area contributed by atoms with E-state index in [9.17, 15) is 67.1 Å². The summed E-state index contributed by atoms with van der Waals surface area (Å²) in [6, 6.07) is -3.98. The Bertz CT molecular complexity index is 2770. The zero-order chi connectivity index (χ0) is 95.0. The molecule has 0 aliphatic rings. The Balaban J connectivity index is -0.000000254. The summed E-state index contributed by atoms with van der Waals surface area (Å²) in [5.41, 5.74) is 0. The van der Waals surface area contributed by atoms with Gasteiger partial charge >= 0.3 is 35.8 Å². The van der Waals surface area contributed by atoms with Crippen molar-refractivity contribution in [2.24, 2.45) is 41.4 Å². The molecule has 0 rings (SSSR count). The predicted octanol–water partition coefficient (Wildman–Crippen LogP) is 13.0. The first-order chi connectivity index (χ1) is 56.0. The van der Waals surface area contributed by atoms with Gasteiger partial charge in [-0.25, -0.2) is 19.2 Å². The molecule has 0 aromatic rings. The van der Waals surface area contributed by atoms with Crippen LogP contribution in [-0.4, -0.2) is 249 Å². The van der Waals surface area contributed by atoms with Gasteiger partial charge in [0.05, 0.1) is 44.6 Å². The number of carboxylic acid groups (broad SMARTS) is 5. The molecule has 35 heteroatoms. The number of hydrogen-bond acceptors (Lipinski definition) is 24. The summed E-state index contributed by atoms with van der Waals surface area (Å²) in [5.74, 6) is -3.97. The van der Waals surface area contributed by atoms with Crippen molar-refractivity contribution in [1.29, 1.82) is 0 Å². The Labute approximate surface area is 742 Å². The van der Waals surface area contributed by atoms with Crippen LogP contribution in [0.2, 0.25) is 0 Å². The summed E-state index contributed by atoms with van der Waals surface area (Å²) in [4.78, 5) is 158. The normalized spacial score (nSPS) is 12.3. The standard InChI is InChI=1S/C16H28N2O6S.C14H25NO4S.C13H24N2O4.C12H23NO4S2.C11H21NO2.C11H24O2.C9H20O2/c1-9(2)14(20)18-11(15(21)22)6-5-7-13(19)17-12(16(23)24)8-25-10(3)4;1-9(2)12(16)6-5-7-13(17)15-11(14(18)19)8-20-10(3)4;1-8(2)12(17)15-10(13(18)19)6-5-7-11(16)14-9(3)4;1-8(2)12(16)17-5-6-18-19-7-10(11(14)15)13-9(3)4;1-8(2)10(13)6-5-7-11(14)12-9(3)4;1-10(2)6-5-7-12-8-9-13-11(3)4;1-8(2)7-10-5-6-11-9(3)4/h9-12H,5-8H2,1-4H3,(H,17,19)(H,18,20)(H,21,22)(H,23,24);9-11H,5-8H2,1-4H3,(H,15,17)(H,18,19);8-10H,5-7H2,1-4H3,(H,14,16)(H,15,17)(H,18,19);8-10,13H,5-7H2,1-4H3,(H,14,15);8-9H,5-7H2,1-4H3,(H,12,14);10-11H,5-9H2,1-4H3;8-9H,5-7H2,1-4H3. The summed E-state index contributed by atoms with van der Waals surface area (Å²) >= 11 is 2.92. The topological polar surface area (TPSA) is 470 Å². The zero-order valence-corrected chi connectivity index (χ0v) is 82.0. The van der Waals surface area contributed by atoms with E-state index in [0.29, 0.717) is 92.4 Å². The van der Waals surface area contributed by atoms with E-state index in [1.54, 1.807) is 41.5 Å². The second kappa shape index (κ2) is 81.2. The maximum Gasteiger partial charge on any atom is 0.327 e. The number of carboxylic acids is 5. The molecule has 0 fully saturated rings. The molecule has 0 saturated carbocycles. The van der Waals surface area contributed by atoms with Gasteiger partial charge in [0.2, 0.25) is 35.4 Å². The molecule has 0 radical (unpaired) electrons. The highest BCUT2D eigenvalue weighted by molar-refractivity contribution is 8.76. The molecule has 12 N–H and O–H groups in total. The van der Waals surface area contributed by atoms with Crippen molar-refractivity contribution in [3.8, 4) is 0 Å². The molecule has 0 aromatic heterocycles. The highest BCUT2D eigenvalue weighted by Gasteiger charge is 2.26. The molecule has 31 nitrogen and oxygen atoms in total. The van der Waals surface area contributed by atoms with Crippen molar-refractivity contribution in [1.82, 2.24) is 37.2 Å². The largest absolute Gasteiger partial charge is 0.480 e. The molecular formula is C86H165N7O24S4. The lowest BCUT2D eigenvalue weighted by Gasteiger charge is -2.17. The number of rotatable bonds is 60. The van der Waals surface area contributed by atoms with Gasteiger partial charge in [-0.15, -0.1) is 0 Å². The summed E-state index contributed by atoms with van der Waals surface area (Å²) in [6.45, 7) is 58.8. The number of nitrogens with one attached hydrogen (secondary N) is 7. The number of Topliss-reactive ketones (excluding diaryl/α,β-unsaturated/α-hetero) is 2. The van der Waals surface area contributed by atoms with E-state index < -0.39 is 66.0 Å². The summed E-state index contributed by atoms with van der Waals surface area (Å²) in [5, 5.41) is 64.2. The zero-order valence-electron chi connectivity index (χ0n) is 78.8. The van der Waals surface area contributed by atoms with Crippen LogP contribution in [0.15, 0.2) is 0 Å². The minimum Gasteiger partial charge on any atom is -0.480 e. The number of esters is 1. The molecule has 0 aliphatic carbocycles. The summed E-state index contributed by atoms with van der Waals surface area (Å²) < 4.78 is 26.4. The molecule has 121 heavy (non-hydrogen) atoms. The quantitative estimate of drug-likeness (QED) is 0.0153. The molecule has 6 amide bonds. The number of amides is 6. The lowest BCUT2D eigenvalue weighted by atomic mass is 10.0. The minimum atomic E-state index is -1.16. The second-order valence-corrected chi connectivity index (χ2v) is 38.9. The molecule has 0 spiro atoms. The number of ether oxygens (including phenoxy) is 5. The van der Waals surface area contributed by atoms with Gasteiger partial charge in [-0.3, -0.25) is 47.9 Å². The van der Waals surface area contributed by atoms with Crippen LogP contribution in [0.25, 0.3) is 0 Å². The fourth-order valence-corrected chi connectivity index (χ4v) is 12.2. The van der Waals surface area contributed by atoms with Gasteiger partial charge in [0.15, 0.2) is 0 Å². The van der Waals surface area contributed by atoms with Gasteiger partial charge in [-0.1, -0.05) is 160 Å². The molecule has 712 valence electrons. The van der Waals surface area contributed by atoms with Crippen molar-refractivity contribution in [3.63, 3.8) is 0 Å². The Morgan fingerprint density at radius 3 is 0.959 bits per heavy atom. The summed E-state index contributed by atoms with van der Waals surface area (Å²) in [6.07, 6.45) is 6.97. The van der Waals surface area contributed by atoms with Crippen molar-refractivity contribution in [2.45, 2.75) is 355 Å². The molecule has 0 heterocycles. The van der Waals surface area contributed by atoms with E-state index in [1.165, 1.54) is 58.0 Å². The van der Waals surface area contributed by atoms with Crippen molar-refractivity contribution >= 4 is 128 Å². The second-order valence-electron chi connectivity index (χ2n) is 33.1. The Morgan fingerprint density at radius 1 is 0.306 bits per heavy atom. The molecule has 0 aromatic carbocycles. The van der Waals surface area contributed by atoms with Gasteiger partial charge in [0.1, 0.15) is 48.4 Å². The van der Waals surface area contributed by atoms with Gasteiger partial charge in [-0.2, -0.15) is 23.5 Å². The lowest BCUT2D eigenvalue weighted by Crippen LogP contribution is -2.44. The third-order valence-electron chi connectivity index (χ3n) is 15.3. The smallest absolute Gasteiger partial charge is 0.327 e. The van der Waals surface area contributed by atoms with E-state index >= 15 is 0 Å². The third kappa shape index (κ3) is 94.7. The number of thioether (sulfide) groups is 2. The molecule has 5 atom stereocenters. The number of ketones is 2. The van der Waals surface area contributed by atoms with E-state index in [2.05, 4.69) is 64.9 Å². The van der Waals surface area contributed by atoms with Gasteiger partial charge in [0.25, 0.3) is 0 Å². The average molecular weight is 1810 g/mol. The maximum absolute atomic E-state index is 11.9. The number of hydrogen-bond donors (Lipinski definition) is 12. The first-order valence-electron chi connectivity index (χ1n) is 42.8. The molecule has 0 saturated heterocycles. The lowest BCUT2D eigenvalue weighted by molar-refractivity contribution is -0.147. The highest BCUT2D eigenvalue weighted by atomic mass is 33.1. The van der Waals surface area contributed by atoms with Crippen LogP contribution in [0.1, 0.15) is 284 Å². The SMILES string of the molecule is CC(C)CCCOCCOC(C)C.CC(C)COCCOC(C)C.CC(C)NC(=O)CCCC(=O)C(C)C.CC(C)NC(=O)CCCC(NC(=O)C(C)C)C(=O)O.CC(C)NC(CSSCCOC(=O)C(C)C)C(=O)O.CC(C)SCC(NC(=O)CCCC(=O)C(C)C)C(=O)O.CC(C)SCC(NC(=O)CCCC(NC(=O)C(C)C)C(=O)O)C(=O)O. The van der Waals surface area contributed by atoms with Crippen LogP contribution in [-0.2, 0) is 90.8 Å². The first-order valence-corrected chi connectivity index (χ1v) is 47.4. The van der Waals surface area contributed by atoms with Gasteiger partial charge in [-0.05, 0) is 129 Å². The fourth-order valence-electron chi connectivity index (χ4n) is 8.61. The van der Waals surface area contributed by atoms with Crippen LogP contribution in [0.5, 0.6) is 0 Å². The highest BCUT2D eigenvalue weighted by Crippen LogP contribution is 2.22. The maximum atomic E-state index is 11.9. The van der Waals surface area contributed by atoms with Gasteiger partial charge in [0, 0.05) is 117 Å². The summed E-state index contributed by atoms with van der Waals surface area (Å²) in [7, 11) is 2.99. The third-order valence-corrected chi connectivity index (χ3v) is 20.0. The molecule has 0 aliphatic heterocycles. The van der Waals surface area contributed by atoms with Crippen molar-refractivity contribution < 1.29 is 116 Å². The van der Waals surface area contributed by atoms with Crippen LogP contribution >= 0.6 is 45.1 Å². The van der Waals surface area contributed by atoms with Crippen molar-refractivity contribution in [3.05, 3.63) is 0 Å². The van der Waals surface area contributed by atoms with E-state index in [-0.39, 0.29) is 144 Å². The van der Waals surface area contributed by atoms with Crippen LogP contribution in [0.3, 0.4) is 0 Å². The van der Waals surface area contributed by atoms with Crippen LogP contribution in [0, 0.1) is 41.4 Å². The van der Waals surface area contributed by atoms with Crippen LogP contribution in [0.4, 0.5) is 0 Å². The Hall–Kier alpha value is -5.82. The Kier molecular flexibility index (Phi) is 86.1.